The Hall–Kier alpha value is -1.40. The Morgan fingerprint density at radius 3 is 2.85 bits per heavy atom. The van der Waals surface area contributed by atoms with Crippen LogP contribution in [0.25, 0.3) is 0 Å². The van der Waals surface area contributed by atoms with E-state index in [0.29, 0.717) is 13.2 Å². The molecule has 112 valence electrons. The lowest BCUT2D eigenvalue weighted by Crippen LogP contribution is -2.51. The van der Waals surface area contributed by atoms with Crippen LogP contribution in [-0.2, 0) is 16.6 Å². The van der Waals surface area contributed by atoms with Gasteiger partial charge >= 0.3 is 0 Å². The third kappa shape index (κ3) is 3.02. The molecule has 1 aliphatic heterocycles. The molecule has 20 heavy (non-hydrogen) atoms. The van der Waals surface area contributed by atoms with E-state index in [2.05, 4.69) is 16.9 Å². The van der Waals surface area contributed by atoms with E-state index in [0.717, 1.165) is 18.9 Å². The standard InChI is InChI=1S/C14H24N4O2/c1-11(10-20-4)14(19)18-8-7-16(2)12(9-18)13-15-5-6-17(13)3/h5-6,11-12H,7-10H2,1-4H3/t11-,12-/m0/s1. The first kappa shape index (κ1) is 15.0. The van der Waals surface area contributed by atoms with E-state index in [1.165, 1.54) is 0 Å². The molecule has 1 saturated heterocycles. The van der Waals surface area contributed by atoms with Gasteiger partial charge in [0.25, 0.3) is 0 Å². The maximum Gasteiger partial charge on any atom is 0.227 e. The van der Waals surface area contributed by atoms with Gasteiger partial charge in [-0.1, -0.05) is 6.92 Å². The van der Waals surface area contributed by atoms with Gasteiger partial charge in [0.1, 0.15) is 5.82 Å². The summed E-state index contributed by atoms with van der Waals surface area (Å²) in [5.41, 5.74) is 0. The summed E-state index contributed by atoms with van der Waals surface area (Å²) in [5.74, 6) is 1.08. The Bertz CT molecular complexity index is 460. The Labute approximate surface area is 120 Å². The summed E-state index contributed by atoms with van der Waals surface area (Å²) in [6, 6.07) is 0.155. The first-order valence-corrected chi connectivity index (χ1v) is 6.99. The van der Waals surface area contributed by atoms with Gasteiger partial charge in [-0.15, -0.1) is 0 Å². The smallest absolute Gasteiger partial charge is 0.227 e. The number of rotatable bonds is 4. The maximum absolute atomic E-state index is 12.4. The van der Waals surface area contributed by atoms with Crippen LogP contribution in [0.2, 0.25) is 0 Å². The highest BCUT2D eigenvalue weighted by molar-refractivity contribution is 5.78. The summed E-state index contributed by atoms with van der Waals surface area (Å²) >= 11 is 0. The summed E-state index contributed by atoms with van der Waals surface area (Å²) in [7, 11) is 5.70. The molecule has 0 aromatic carbocycles. The largest absolute Gasteiger partial charge is 0.384 e. The van der Waals surface area contributed by atoms with E-state index < -0.39 is 0 Å². The zero-order valence-corrected chi connectivity index (χ0v) is 12.7. The third-order valence-electron chi connectivity index (χ3n) is 3.95. The van der Waals surface area contributed by atoms with E-state index in [-0.39, 0.29) is 17.9 Å². The summed E-state index contributed by atoms with van der Waals surface area (Å²) in [4.78, 5) is 21.0. The SMILES string of the molecule is COC[C@H](C)C(=O)N1CCN(C)[C@H](c2nccn2C)C1. The Balaban J connectivity index is 2.08. The molecule has 2 heterocycles. The molecule has 0 spiro atoms. The topological polar surface area (TPSA) is 50.6 Å². The lowest BCUT2D eigenvalue weighted by Gasteiger charge is -2.39. The van der Waals surface area contributed by atoms with Crippen LogP contribution in [0.4, 0.5) is 0 Å². The van der Waals surface area contributed by atoms with E-state index in [9.17, 15) is 4.79 Å². The molecule has 6 heteroatoms. The number of aryl methyl sites for hydroxylation is 1. The number of nitrogens with zero attached hydrogens (tertiary/aromatic N) is 4. The average Bonchev–Trinajstić information content (AvgIpc) is 2.85. The van der Waals surface area contributed by atoms with Crippen LogP contribution in [-0.4, -0.2) is 65.7 Å². The van der Waals surface area contributed by atoms with Crippen molar-refractivity contribution < 1.29 is 9.53 Å². The van der Waals surface area contributed by atoms with Gasteiger partial charge in [-0.05, 0) is 7.05 Å². The minimum Gasteiger partial charge on any atom is -0.384 e. The van der Waals surface area contributed by atoms with Crippen LogP contribution in [0.15, 0.2) is 12.4 Å². The maximum atomic E-state index is 12.4. The highest BCUT2D eigenvalue weighted by atomic mass is 16.5. The van der Waals surface area contributed by atoms with Gasteiger partial charge in [0.05, 0.1) is 18.6 Å². The number of likely N-dealkylation sites (N-methyl/N-ethyl adjacent to an activating group) is 1. The summed E-state index contributed by atoms with van der Waals surface area (Å²) in [5, 5.41) is 0. The molecular weight excluding hydrogens is 256 g/mol. The molecule has 2 rings (SSSR count). The van der Waals surface area contributed by atoms with Crippen LogP contribution in [0, 0.1) is 5.92 Å². The van der Waals surface area contributed by atoms with Crippen molar-refractivity contribution in [2.45, 2.75) is 13.0 Å². The number of methoxy groups -OCH3 is 1. The van der Waals surface area contributed by atoms with Crippen molar-refractivity contribution in [3.05, 3.63) is 18.2 Å². The quantitative estimate of drug-likeness (QED) is 0.807. The number of piperazine rings is 1. The van der Waals surface area contributed by atoms with Crippen molar-refractivity contribution in [1.29, 1.82) is 0 Å². The molecule has 0 unspecified atom stereocenters. The number of ether oxygens (including phenoxy) is 1. The summed E-state index contributed by atoms with van der Waals surface area (Å²) in [6.45, 7) is 4.71. The van der Waals surface area contributed by atoms with Gasteiger partial charge in [0.2, 0.25) is 5.91 Å². The molecule has 0 N–H and O–H groups in total. The fraction of sp³-hybridized carbons (Fsp3) is 0.714. The second-order valence-corrected chi connectivity index (χ2v) is 5.53. The zero-order valence-electron chi connectivity index (χ0n) is 12.7. The number of carbonyl (C=O) groups excluding carboxylic acids is 1. The predicted octanol–water partition coefficient (Wildman–Crippen LogP) is 0.518. The molecule has 1 fully saturated rings. The van der Waals surface area contributed by atoms with Gasteiger partial charge in [-0.25, -0.2) is 4.98 Å². The lowest BCUT2D eigenvalue weighted by molar-refractivity contribution is -0.139. The molecular formula is C14H24N4O2. The molecule has 0 aliphatic carbocycles. The highest BCUT2D eigenvalue weighted by Crippen LogP contribution is 2.23. The summed E-state index contributed by atoms with van der Waals surface area (Å²) < 4.78 is 7.10. The van der Waals surface area contributed by atoms with Crippen LogP contribution >= 0.6 is 0 Å². The molecule has 0 bridgehead atoms. The fourth-order valence-corrected chi connectivity index (χ4v) is 2.68. The second-order valence-electron chi connectivity index (χ2n) is 5.53. The number of aromatic nitrogens is 2. The van der Waals surface area contributed by atoms with E-state index in [1.807, 2.05) is 29.6 Å². The number of imidazole rings is 1. The number of amides is 1. The van der Waals surface area contributed by atoms with Crippen LogP contribution < -0.4 is 0 Å². The number of hydrogen-bond acceptors (Lipinski definition) is 4. The lowest BCUT2D eigenvalue weighted by atomic mass is 10.1. The molecule has 1 amide bonds. The zero-order chi connectivity index (χ0) is 14.7. The van der Waals surface area contributed by atoms with Gasteiger partial charge in [-0.2, -0.15) is 0 Å². The molecule has 1 aromatic heterocycles. The number of carbonyl (C=O) groups is 1. The van der Waals surface area contributed by atoms with Crippen molar-refractivity contribution in [2.24, 2.45) is 13.0 Å². The Morgan fingerprint density at radius 2 is 2.25 bits per heavy atom. The average molecular weight is 280 g/mol. The minimum absolute atomic E-state index is 0.0922. The van der Waals surface area contributed by atoms with Crippen molar-refractivity contribution in [1.82, 2.24) is 19.4 Å². The van der Waals surface area contributed by atoms with E-state index in [4.69, 9.17) is 4.74 Å². The van der Waals surface area contributed by atoms with Crippen molar-refractivity contribution in [2.75, 3.05) is 40.4 Å². The fourth-order valence-electron chi connectivity index (χ4n) is 2.68. The van der Waals surface area contributed by atoms with Crippen molar-refractivity contribution >= 4 is 5.91 Å². The molecule has 1 aromatic rings. The molecule has 0 saturated carbocycles. The highest BCUT2D eigenvalue weighted by Gasteiger charge is 2.32. The van der Waals surface area contributed by atoms with E-state index in [1.54, 1.807) is 13.3 Å². The first-order valence-electron chi connectivity index (χ1n) is 6.99. The Morgan fingerprint density at radius 1 is 1.50 bits per heavy atom. The molecule has 2 atom stereocenters. The van der Waals surface area contributed by atoms with E-state index >= 15 is 0 Å². The van der Waals surface area contributed by atoms with Crippen molar-refractivity contribution in [3.63, 3.8) is 0 Å². The monoisotopic (exact) mass is 280 g/mol. The normalized spacial score (nSPS) is 22.0. The molecule has 0 radical (unpaired) electrons. The second kappa shape index (κ2) is 6.37. The molecule has 6 nitrogen and oxygen atoms in total. The van der Waals surface area contributed by atoms with Crippen LogP contribution in [0.1, 0.15) is 18.8 Å². The summed E-state index contributed by atoms with van der Waals surface area (Å²) in [6.07, 6.45) is 3.75. The van der Waals surface area contributed by atoms with Gasteiger partial charge in [-0.3, -0.25) is 9.69 Å². The first-order chi connectivity index (χ1) is 9.54. The minimum atomic E-state index is -0.0922. The third-order valence-corrected chi connectivity index (χ3v) is 3.95. The van der Waals surface area contributed by atoms with Gasteiger partial charge in [0.15, 0.2) is 0 Å². The van der Waals surface area contributed by atoms with Crippen LogP contribution in [0.3, 0.4) is 0 Å². The van der Waals surface area contributed by atoms with Gasteiger partial charge in [0, 0.05) is 46.2 Å². The van der Waals surface area contributed by atoms with Crippen LogP contribution in [0.5, 0.6) is 0 Å². The van der Waals surface area contributed by atoms with Gasteiger partial charge < -0.3 is 14.2 Å². The van der Waals surface area contributed by atoms with Crippen molar-refractivity contribution in [3.8, 4) is 0 Å². The number of hydrogen-bond donors (Lipinski definition) is 0. The Kier molecular flexibility index (Phi) is 4.77. The predicted molar refractivity (Wildman–Crippen MR) is 76.2 cm³/mol. The molecule has 1 aliphatic rings.